The summed E-state index contributed by atoms with van der Waals surface area (Å²) in [5.41, 5.74) is 4.48. The van der Waals surface area contributed by atoms with E-state index in [4.69, 9.17) is 4.98 Å². The average Bonchev–Trinajstić information content (AvgIpc) is 3.23. The van der Waals surface area contributed by atoms with Gasteiger partial charge in [-0.1, -0.05) is 49.4 Å². The number of rotatable bonds is 4. The minimum absolute atomic E-state index is 0.817. The SMILES string of the molecule is CCc1cnc2nc(N3CC=CC3)n(Cc3ccccc3)c2c1. The second-order valence-corrected chi connectivity index (χ2v) is 5.90. The standard InChI is InChI=1S/C19H20N4/c1-2-15-12-17-18(20-13-15)21-19(22-10-6-7-11-22)23(17)14-16-8-4-3-5-9-16/h3-9,12-13H,2,10-11,14H2,1H3. The minimum atomic E-state index is 0.817. The van der Waals surface area contributed by atoms with E-state index in [-0.39, 0.29) is 0 Å². The summed E-state index contributed by atoms with van der Waals surface area (Å²) in [6, 6.07) is 12.8. The second-order valence-electron chi connectivity index (χ2n) is 5.90. The first-order valence-electron chi connectivity index (χ1n) is 8.14. The molecule has 0 spiro atoms. The van der Waals surface area contributed by atoms with Crippen LogP contribution in [0.3, 0.4) is 0 Å². The fourth-order valence-electron chi connectivity index (χ4n) is 3.03. The minimum Gasteiger partial charge on any atom is -0.335 e. The van der Waals surface area contributed by atoms with Crippen LogP contribution < -0.4 is 4.90 Å². The van der Waals surface area contributed by atoms with Gasteiger partial charge in [-0.2, -0.15) is 4.98 Å². The summed E-state index contributed by atoms with van der Waals surface area (Å²) in [5, 5.41) is 0. The van der Waals surface area contributed by atoms with Crippen molar-refractivity contribution >= 4 is 17.1 Å². The Labute approximate surface area is 136 Å². The van der Waals surface area contributed by atoms with Crippen molar-refractivity contribution < 1.29 is 0 Å². The molecular weight excluding hydrogens is 284 g/mol. The number of pyridine rings is 1. The third kappa shape index (κ3) is 2.61. The van der Waals surface area contributed by atoms with Crippen molar-refractivity contribution in [3.63, 3.8) is 0 Å². The Balaban J connectivity index is 1.84. The van der Waals surface area contributed by atoms with E-state index in [1.807, 2.05) is 6.20 Å². The molecular formula is C19H20N4. The van der Waals surface area contributed by atoms with Crippen LogP contribution in [0.4, 0.5) is 5.95 Å². The van der Waals surface area contributed by atoms with Crippen LogP contribution >= 0.6 is 0 Å². The molecule has 4 heteroatoms. The van der Waals surface area contributed by atoms with Gasteiger partial charge in [0.1, 0.15) is 0 Å². The molecule has 1 aromatic carbocycles. The molecule has 1 aliphatic heterocycles. The maximum Gasteiger partial charge on any atom is 0.208 e. The van der Waals surface area contributed by atoms with E-state index in [1.165, 1.54) is 11.1 Å². The number of anilines is 1. The molecule has 23 heavy (non-hydrogen) atoms. The van der Waals surface area contributed by atoms with Crippen molar-refractivity contribution in [3.8, 4) is 0 Å². The van der Waals surface area contributed by atoms with E-state index >= 15 is 0 Å². The zero-order valence-electron chi connectivity index (χ0n) is 13.3. The van der Waals surface area contributed by atoms with Crippen molar-refractivity contribution in [2.24, 2.45) is 0 Å². The Hall–Kier alpha value is -2.62. The first-order chi connectivity index (χ1) is 11.3. The van der Waals surface area contributed by atoms with Gasteiger partial charge in [0.25, 0.3) is 0 Å². The lowest BCUT2D eigenvalue weighted by atomic mass is 10.2. The summed E-state index contributed by atoms with van der Waals surface area (Å²) in [7, 11) is 0. The number of hydrogen-bond acceptors (Lipinski definition) is 3. The van der Waals surface area contributed by atoms with Crippen LogP contribution in [-0.4, -0.2) is 27.6 Å². The van der Waals surface area contributed by atoms with Gasteiger partial charge < -0.3 is 9.47 Å². The van der Waals surface area contributed by atoms with Crippen LogP contribution in [0.25, 0.3) is 11.2 Å². The highest BCUT2D eigenvalue weighted by atomic mass is 15.3. The lowest BCUT2D eigenvalue weighted by molar-refractivity contribution is 0.783. The second kappa shape index (κ2) is 5.88. The third-order valence-corrected chi connectivity index (χ3v) is 4.33. The van der Waals surface area contributed by atoms with Crippen LogP contribution in [0.1, 0.15) is 18.1 Å². The lowest BCUT2D eigenvalue weighted by Gasteiger charge is -2.18. The first-order valence-corrected chi connectivity index (χ1v) is 8.14. The van der Waals surface area contributed by atoms with Crippen LogP contribution in [0, 0.1) is 0 Å². The Morgan fingerprint density at radius 1 is 1.04 bits per heavy atom. The van der Waals surface area contributed by atoms with Gasteiger partial charge in [0.15, 0.2) is 5.65 Å². The molecule has 0 saturated heterocycles. The summed E-state index contributed by atoms with van der Waals surface area (Å²) in [6.45, 7) is 4.81. The maximum absolute atomic E-state index is 4.80. The molecule has 0 bridgehead atoms. The quantitative estimate of drug-likeness (QED) is 0.693. The number of aromatic nitrogens is 3. The van der Waals surface area contributed by atoms with E-state index < -0.39 is 0 Å². The molecule has 2 aromatic heterocycles. The van der Waals surface area contributed by atoms with E-state index in [1.54, 1.807) is 0 Å². The fourth-order valence-corrected chi connectivity index (χ4v) is 3.03. The van der Waals surface area contributed by atoms with Crippen LogP contribution in [0.5, 0.6) is 0 Å². The van der Waals surface area contributed by atoms with E-state index in [0.717, 1.165) is 43.2 Å². The molecule has 0 fully saturated rings. The maximum atomic E-state index is 4.80. The Morgan fingerprint density at radius 2 is 1.83 bits per heavy atom. The van der Waals surface area contributed by atoms with Crippen LogP contribution in [0.2, 0.25) is 0 Å². The van der Waals surface area contributed by atoms with E-state index in [9.17, 15) is 0 Å². The topological polar surface area (TPSA) is 34.0 Å². The average molecular weight is 304 g/mol. The van der Waals surface area contributed by atoms with Gasteiger partial charge in [0, 0.05) is 19.3 Å². The number of nitrogens with zero attached hydrogens (tertiary/aromatic N) is 4. The number of imidazole rings is 1. The molecule has 3 aromatic rings. The number of fused-ring (bicyclic) bond motifs is 1. The van der Waals surface area contributed by atoms with Crippen LogP contribution in [0.15, 0.2) is 54.7 Å². The molecule has 0 aliphatic carbocycles. The van der Waals surface area contributed by atoms with Gasteiger partial charge in [0.05, 0.1) is 12.1 Å². The molecule has 0 radical (unpaired) electrons. The van der Waals surface area contributed by atoms with Crippen LogP contribution in [-0.2, 0) is 13.0 Å². The highest BCUT2D eigenvalue weighted by molar-refractivity contribution is 5.76. The predicted octanol–water partition coefficient (Wildman–Crippen LogP) is 3.42. The number of hydrogen-bond donors (Lipinski definition) is 0. The molecule has 1 aliphatic rings. The number of aryl methyl sites for hydroxylation is 1. The summed E-state index contributed by atoms with van der Waals surface area (Å²) in [6.07, 6.45) is 7.31. The highest BCUT2D eigenvalue weighted by Crippen LogP contribution is 2.25. The Kier molecular flexibility index (Phi) is 3.58. The predicted molar refractivity (Wildman–Crippen MR) is 93.8 cm³/mol. The van der Waals surface area contributed by atoms with Crippen molar-refractivity contribution in [3.05, 3.63) is 65.9 Å². The van der Waals surface area contributed by atoms with Gasteiger partial charge >= 0.3 is 0 Å². The summed E-state index contributed by atoms with van der Waals surface area (Å²) < 4.78 is 2.30. The van der Waals surface area contributed by atoms with Crippen molar-refractivity contribution in [1.82, 2.24) is 14.5 Å². The number of benzene rings is 1. The summed E-state index contributed by atoms with van der Waals surface area (Å²) >= 11 is 0. The van der Waals surface area contributed by atoms with Gasteiger partial charge in [0.2, 0.25) is 5.95 Å². The normalized spacial score (nSPS) is 14.0. The molecule has 4 nitrogen and oxygen atoms in total. The lowest BCUT2D eigenvalue weighted by Crippen LogP contribution is -2.23. The third-order valence-electron chi connectivity index (χ3n) is 4.33. The zero-order chi connectivity index (χ0) is 15.6. The molecule has 4 rings (SSSR count). The summed E-state index contributed by atoms with van der Waals surface area (Å²) in [4.78, 5) is 11.7. The van der Waals surface area contributed by atoms with Gasteiger partial charge in [-0.25, -0.2) is 4.98 Å². The smallest absolute Gasteiger partial charge is 0.208 e. The van der Waals surface area contributed by atoms with Gasteiger partial charge in [-0.05, 0) is 23.6 Å². The zero-order valence-corrected chi connectivity index (χ0v) is 13.3. The van der Waals surface area contributed by atoms with Crippen molar-refractivity contribution in [2.75, 3.05) is 18.0 Å². The summed E-state index contributed by atoms with van der Waals surface area (Å²) in [5.74, 6) is 1.01. The van der Waals surface area contributed by atoms with Crippen molar-refractivity contribution in [1.29, 1.82) is 0 Å². The van der Waals surface area contributed by atoms with Gasteiger partial charge in [-0.15, -0.1) is 0 Å². The van der Waals surface area contributed by atoms with Crippen molar-refractivity contribution in [2.45, 2.75) is 19.9 Å². The molecule has 116 valence electrons. The monoisotopic (exact) mass is 304 g/mol. The van der Waals surface area contributed by atoms with E-state index in [0.29, 0.717) is 0 Å². The molecule has 0 atom stereocenters. The molecule has 0 saturated carbocycles. The largest absolute Gasteiger partial charge is 0.335 e. The Morgan fingerprint density at radius 3 is 2.57 bits per heavy atom. The molecule has 0 N–H and O–H groups in total. The molecule has 0 unspecified atom stereocenters. The molecule has 0 amide bonds. The first kappa shape index (κ1) is 14.0. The highest BCUT2D eigenvalue weighted by Gasteiger charge is 2.19. The Bertz CT molecular complexity index is 840. The van der Waals surface area contributed by atoms with Gasteiger partial charge in [-0.3, -0.25) is 0 Å². The fraction of sp³-hybridized carbons (Fsp3) is 0.263. The van der Waals surface area contributed by atoms with E-state index in [2.05, 4.69) is 69.9 Å². The molecule has 3 heterocycles.